The van der Waals surface area contributed by atoms with Crippen LogP contribution in [-0.2, 0) is 9.59 Å². The standard InChI is InChI=1S/C16H17NO.C4H4O4/c1-10-7-11(2)17-14-8-12-5-6-16(3,4)18-15(12)9-13(10)14;5-3(6)1-2-4(7)8/h5-9H,1-4H3;1-2H,(H,5,6)(H,7,8)/b;2-1-. The third-order valence-corrected chi connectivity index (χ3v) is 3.68. The normalized spacial score (nSPS) is 14.3. The molecule has 0 fully saturated rings. The molecule has 3 rings (SSSR count). The highest BCUT2D eigenvalue weighted by Gasteiger charge is 2.22. The van der Waals surface area contributed by atoms with E-state index in [1.807, 2.05) is 6.92 Å². The first kappa shape index (κ1) is 19.2. The molecule has 6 nitrogen and oxygen atoms in total. The van der Waals surface area contributed by atoms with E-state index in [1.54, 1.807) is 0 Å². The van der Waals surface area contributed by atoms with Crippen LogP contribution in [0.1, 0.15) is 30.7 Å². The Morgan fingerprint density at radius 2 is 1.69 bits per heavy atom. The summed E-state index contributed by atoms with van der Waals surface area (Å²) in [5.41, 5.74) is 4.22. The van der Waals surface area contributed by atoms with Gasteiger partial charge in [-0.15, -0.1) is 0 Å². The van der Waals surface area contributed by atoms with E-state index in [0.717, 1.165) is 22.5 Å². The molecule has 1 aliphatic heterocycles. The molecule has 0 saturated carbocycles. The van der Waals surface area contributed by atoms with E-state index in [9.17, 15) is 9.59 Å². The zero-order valence-corrected chi connectivity index (χ0v) is 15.1. The fraction of sp³-hybridized carbons (Fsp3) is 0.250. The smallest absolute Gasteiger partial charge is 0.328 e. The Balaban J connectivity index is 0.000000260. The van der Waals surface area contributed by atoms with Crippen molar-refractivity contribution >= 4 is 28.9 Å². The molecule has 1 aromatic heterocycles. The van der Waals surface area contributed by atoms with Crippen LogP contribution in [-0.4, -0.2) is 32.7 Å². The Morgan fingerprint density at radius 3 is 2.27 bits per heavy atom. The van der Waals surface area contributed by atoms with E-state index in [2.05, 4.69) is 56.1 Å². The molecule has 0 saturated heterocycles. The van der Waals surface area contributed by atoms with E-state index < -0.39 is 11.9 Å². The summed E-state index contributed by atoms with van der Waals surface area (Å²) in [4.78, 5) is 23.7. The van der Waals surface area contributed by atoms with Crippen molar-refractivity contribution in [1.82, 2.24) is 4.98 Å². The number of ether oxygens (including phenoxy) is 1. The molecule has 0 atom stereocenters. The van der Waals surface area contributed by atoms with E-state index in [1.165, 1.54) is 10.9 Å². The molecule has 2 heterocycles. The molecule has 1 aliphatic rings. The fourth-order valence-corrected chi connectivity index (χ4v) is 2.58. The Kier molecular flexibility index (Phi) is 5.45. The van der Waals surface area contributed by atoms with Gasteiger partial charge in [0.05, 0.1) is 5.52 Å². The highest BCUT2D eigenvalue weighted by Crippen LogP contribution is 2.34. The van der Waals surface area contributed by atoms with Crippen LogP contribution in [0.4, 0.5) is 0 Å². The summed E-state index contributed by atoms with van der Waals surface area (Å²) in [7, 11) is 0. The Morgan fingerprint density at radius 1 is 1.08 bits per heavy atom. The Hall–Kier alpha value is -3.15. The first-order valence-corrected chi connectivity index (χ1v) is 8.01. The fourth-order valence-electron chi connectivity index (χ4n) is 2.58. The van der Waals surface area contributed by atoms with Gasteiger partial charge in [-0.25, -0.2) is 9.59 Å². The topological polar surface area (TPSA) is 96.7 Å². The van der Waals surface area contributed by atoms with Crippen LogP contribution in [0.3, 0.4) is 0 Å². The minimum Gasteiger partial charge on any atom is -0.483 e. The van der Waals surface area contributed by atoms with Crippen LogP contribution in [0.5, 0.6) is 5.75 Å². The van der Waals surface area contributed by atoms with Gasteiger partial charge in [-0.05, 0) is 57.5 Å². The Bertz CT molecular complexity index is 909. The van der Waals surface area contributed by atoms with Crippen molar-refractivity contribution in [2.75, 3.05) is 0 Å². The number of aryl methyl sites for hydroxylation is 2. The maximum atomic E-state index is 9.55. The average molecular weight is 355 g/mol. The summed E-state index contributed by atoms with van der Waals surface area (Å²) in [6.45, 7) is 8.28. The number of hydrogen-bond donors (Lipinski definition) is 2. The van der Waals surface area contributed by atoms with E-state index in [4.69, 9.17) is 14.9 Å². The van der Waals surface area contributed by atoms with Crippen molar-refractivity contribution < 1.29 is 24.5 Å². The zero-order valence-electron chi connectivity index (χ0n) is 15.1. The van der Waals surface area contributed by atoms with Crippen molar-refractivity contribution in [2.24, 2.45) is 0 Å². The Labute approximate surface area is 151 Å². The quantitative estimate of drug-likeness (QED) is 0.797. The lowest BCUT2D eigenvalue weighted by Gasteiger charge is -2.28. The molecule has 6 heteroatoms. The number of fused-ring (bicyclic) bond motifs is 2. The number of carboxylic acid groups (broad SMARTS) is 2. The monoisotopic (exact) mass is 355 g/mol. The second-order valence-electron chi connectivity index (χ2n) is 6.54. The van der Waals surface area contributed by atoms with Gasteiger partial charge in [-0.2, -0.15) is 0 Å². The van der Waals surface area contributed by atoms with Gasteiger partial charge in [0.2, 0.25) is 0 Å². The SMILES string of the molecule is Cc1cc(C)c2cc3c(cc2n1)C=CC(C)(C)O3.O=C(O)/C=C\C(=O)O. The van der Waals surface area contributed by atoms with Gasteiger partial charge in [-0.3, -0.25) is 4.98 Å². The first-order chi connectivity index (χ1) is 12.1. The van der Waals surface area contributed by atoms with Crippen LogP contribution in [0.2, 0.25) is 0 Å². The number of hydrogen-bond acceptors (Lipinski definition) is 4. The molecule has 0 aliphatic carbocycles. The number of carbonyl (C=O) groups is 2. The molecule has 26 heavy (non-hydrogen) atoms. The number of carboxylic acids is 2. The number of nitrogens with zero attached hydrogens (tertiary/aromatic N) is 1. The number of rotatable bonds is 2. The molecule has 0 radical (unpaired) electrons. The summed E-state index contributed by atoms with van der Waals surface area (Å²) in [5.74, 6) is -1.57. The molecule has 0 amide bonds. The molecule has 1 aromatic carbocycles. The molecule has 0 unspecified atom stereocenters. The van der Waals surface area contributed by atoms with E-state index in [0.29, 0.717) is 12.2 Å². The predicted molar refractivity (Wildman–Crippen MR) is 99.4 cm³/mol. The molecule has 0 bridgehead atoms. The van der Waals surface area contributed by atoms with Crippen LogP contribution >= 0.6 is 0 Å². The van der Waals surface area contributed by atoms with Crippen molar-refractivity contribution in [2.45, 2.75) is 33.3 Å². The van der Waals surface area contributed by atoms with Crippen molar-refractivity contribution in [3.63, 3.8) is 0 Å². The largest absolute Gasteiger partial charge is 0.483 e. The van der Waals surface area contributed by atoms with Gasteiger partial charge in [0.1, 0.15) is 11.4 Å². The zero-order chi connectivity index (χ0) is 19.5. The average Bonchev–Trinajstić information content (AvgIpc) is 2.51. The van der Waals surface area contributed by atoms with Gasteiger partial charge in [-0.1, -0.05) is 6.08 Å². The van der Waals surface area contributed by atoms with E-state index >= 15 is 0 Å². The minimum atomic E-state index is -1.26. The number of aliphatic carboxylic acids is 2. The lowest BCUT2D eigenvalue weighted by atomic mass is 9.99. The van der Waals surface area contributed by atoms with Gasteiger partial charge >= 0.3 is 11.9 Å². The minimum absolute atomic E-state index is 0.229. The summed E-state index contributed by atoms with van der Waals surface area (Å²) >= 11 is 0. The third kappa shape index (κ3) is 4.92. The van der Waals surface area contributed by atoms with Crippen molar-refractivity contribution in [1.29, 1.82) is 0 Å². The predicted octanol–water partition coefficient (Wildman–Crippen LogP) is 3.75. The van der Waals surface area contributed by atoms with Crippen molar-refractivity contribution in [3.8, 4) is 5.75 Å². The van der Waals surface area contributed by atoms with Gasteiger partial charge in [0, 0.05) is 28.8 Å². The molecular formula is C20H21NO5. The summed E-state index contributed by atoms with van der Waals surface area (Å²) in [6.07, 6.45) is 5.33. The van der Waals surface area contributed by atoms with Crippen LogP contribution in [0, 0.1) is 13.8 Å². The lowest BCUT2D eigenvalue weighted by Crippen LogP contribution is -2.27. The molecule has 2 aromatic rings. The second kappa shape index (κ2) is 7.39. The molecule has 0 spiro atoms. The number of benzene rings is 1. The lowest BCUT2D eigenvalue weighted by molar-refractivity contribution is -0.134. The van der Waals surface area contributed by atoms with Crippen LogP contribution in [0.25, 0.3) is 17.0 Å². The van der Waals surface area contributed by atoms with Crippen molar-refractivity contribution in [3.05, 3.63) is 53.2 Å². The third-order valence-electron chi connectivity index (χ3n) is 3.68. The maximum Gasteiger partial charge on any atom is 0.328 e. The highest BCUT2D eigenvalue weighted by atomic mass is 16.5. The first-order valence-electron chi connectivity index (χ1n) is 8.01. The number of aromatic nitrogens is 1. The maximum absolute atomic E-state index is 9.55. The molecule has 2 N–H and O–H groups in total. The van der Waals surface area contributed by atoms with Crippen LogP contribution in [0.15, 0.2) is 36.4 Å². The molecular weight excluding hydrogens is 334 g/mol. The summed E-state index contributed by atoms with van der Waals surface area (Å²) in [6, 6.07) is 6.33. The molecule has 136 valence electrons. The van der Waals surface area contributed by atoms with Gasteiger partial charge < -0.3 is 14.9 Å². The second-order valence-corrected chi connectivity index (χ2v) is 6.54. The van der Waals surface area contributed by atoms with Gasteiger partial charge in [0.25, 0.3) is 0 Å². The van der Waals surface area contributed by atoms with Crippen LogP contribution < -0.4 is 4.74 Å². The number of pyridine rings is 1. The van der Waals surface area contributed by atoms with E-state index in [-0.39, 0.29) is 5.60 Å². The highest BCUT2D eigenvalue weighted by molar-refractivity contribution is 5.89. The summed E-state index contributed by atoms with van der Waals surface area (Å²) < 4.78 is 6.00. The van der Waals surface area contributed by atoms with Gasteiger partial charge in [0.15, 0.2) is 0 Å². The summed E-state index contributed by atoms with van der Waals surface area (Å²) in [5, 5.41) is 16.8.